The first-order valence-corrected chi connectivity index (χ1v) is 6.37. The molecule has 15 heavy (non-hydrogen) atoms. The van der Waals surface area contributed by atoms with Crippen LogP contribution in [0, 0.1) is 5.92 Å². The van der Waals surface area contributed by atoms with Crippen LogP contribution >= 0.6 is 0 Å². The molecule has 0 amide bonds. The van der Waals surface area contributed by atoms with E-state index in [0.29, 0.717) is 23.9 Å². The van der Waals surface area contributed by atoms with Crippen LogP contribution in [-0.4, -0.2) is 28.8 Å². The molecule has 0 radical (unpaired) electrons. The second-order valence-electron chi connectivity index (χ2n) is 5.76. The zero-order valence-corrected chi connectivity index (χ0v) is 10.2. The zero-order chi connectivity index (χ0) is 11.0. The summed E-state index contributed by atoms with van der Waals surface area (Å²) in [5, 5.41) is 0. The summed E-state index contributed by atoms with van der Waals surface area (Å²) in [6.45, 7) is 6.90. The normalized spacial score (nSPS) is 33.7. The number of hydrogen-bond donors (Lipinski definition) is 0. The summed E-state index contributed by atoms with van der Waals surface area (Å²) in [5.74, 6) is 1.26. The smallest absolute Gasteiger partial charge is 0.136 e. The standard InChI is InChI=1S/C13H23NO/c1-9(2)6-10(3)14-11-4-5-12(14)8-13(15)7-11/h9-12H,4-8H2,1-3H3. The third-order valence-electron chi connectivity index (χ3n) is 3.92. The van der Waals surface area contributed by atoms with Gasteiger partial charge in [-0.25, -0.2) is 0 Å². The number of hydrogen-bond acceptors (Lipinski definition) is 2. The van der Waals surface area contributed by atoms with Gasteiger partial charge in [0.25, 0.3) is 0 Å². The number of piperidine rings is 1. The van der Waals surface area contributed by atoms with Crippen LogP contribution in [0.2, 0.25) is 0 Å². The molecule has 3 atom stereocenters. The maximum absolute atomic E-state index is 11.5. The highest BCUT2D eigenvalue weighted by Gasteiger charge is 2.41. The van der Waals surface area contributed by atoms with Gasteiger partial charge in [0.1, 0.15) is 5.78 Å². The van der Waals surface area contributed by atoms with Crippen molar-refractivity contribution in [2.75, 3.05) is 0 Å². The molecule has 0 saturated carbocycles. The average molecular weight is 209 g/mol. The summed E-state index contributed by atoms with van der Waals surface area (Å²) in [5.41, 5.74) is 0. The van der Waals surface area contributed by atoms with Crippen molar-refractivity contribution in [3.8, 4) is 0 Å². The SMILES string of the molecule is CC(C)CC(C)N1C2CCC1CC(=O)C2. The van der Waals surface area contributed by atoms with Crippen LogP contribution in [-0.2, 0) is 4.79 Å². The number of nitrogens with zero attached hydrogens (tertiary/aromatic N) is 1. The van der Waals surface area contributed by atoms with Gasteiger partial charge in [-0.05, 0) is 32.1 Å². The van der Waals surface area contributed by atoms with Gasteiger partial charge in [0, 0.05) is 31.0 Å². The molecule has 2 nitrogen and oxygen atoms in total. The van der Waals surface area contributed by atoms with Gasteiger partial charge < -0.3 is 0 Å². The lowest BCUT2D eigenvalue weighted by Crippen LogP contribution is -2.48. The Morgan fingerprint density at radius 1 is 1.20 bits per heavy atom. The molecular formula is C13H23NO. The Balaban J connectivity index is 2.01. The van der Waals surface area contributed by atoms with Crippen LogP contribution in [0.4, 0.5) is 0 Å². The summed E-state index contributed by atoms with van der Waals surface area (Å²) in [6, 6.07) is 1.81. The van der Waals surface area contributed by atoms with Crippen molar-refractivity contribution in [3.63, 3.8) is 0 Å². The van der Waals surface area contributed by atoms with E-state index >= 15 is 0 Å². The largest absolute Gasteiger partial charge is 0.300 e. The van der Waals surface area contributed by atoms with Crippen molar-refractivity contribution in [2.24, 2.45) is 5.92 Å². The van der Waals surface area contributed by atoms with Crippen LogP contribution < -0.4 is 0 Å². The average Bonchev–Trinajstić information content (AvgIpc) is 2.38. The molecule has 0 aromatic heterocycles. The second kappa shape index (κ2) is 4.25. The lowest BCUT2D eigenvalue weighted by Gasteiger charge is -2.39. The van der Waals surface area contributed by atoms with Gasteiger partial charge in [-0.2, -0.15) is 0 Å². The molecule has 0 aromatic rings. The van der Waals surface area contributed by atoms with E-state index in [4.69, 9.17) is 0 Å². The van der Waals surface area contributed by atoms with Crippen molar-refractivity contribution in [2.45, 2.75) is 71.0 Å². The fraction of sp³-hybridized carbons (Fsp3) is 0.923. The summed E-state index contributed by atoms with van der Waals surface area (Å²) in [6.07, 6.45) is 5.40. The minimum absolute atomic E-state index is 0.496. The molecule has 2 aliphatic rings. The molecule has 0 aliphatic carbocycles. The van der Waals surface area contributed by atoms with Crippen LogP contribution in [0.25, 0.3) is 0 Å². The fourth-order valence-corrected chi connectivity index (χ4v) is 3.53. The number of carbonyl (C=O) groups excluding carboxylic acids is 1. The fourth-order valence-electron chi connectivity index (χ4n) is 3.53. The van der Waals surface area contributed by atoms with E-state index < -0.39 is 0 Å². The topological polar surface area (TPSA) is 20.3 Å². The van der Waals surface area contributed by atoms with Crippen LogP contribution in [0.1, 0.15) is 52.9 Å². The van der Waals surface area contributed by atoms with Crippen LogP contribution in [0.15, 0.2) is 0 Å². The molecule has 0 N–H and O–H groups in total. The number of ketones is 1. The van der Waals surface area contributed by atoms with E-state index in [-0.39, 0.29) is 0 Å². The monoisotopic (exact) mass is 209 g/mol. The lowest BCUT2D eigenvalue weighted by molar-refractivity contribution is -0.124. The van der Waals surface area contributed by atoms with Gasteiger partial charge in [0.05, 0.1) is 0 Å². The first kappa shape index (κ1) is 11.1. The first-order chi connectivity index (χ1) is 7.08. The second-order valence-corrected chi connectivity index (χ2v) is 5.76. The molecule has 0 aromatic carbocycles. The van der Waals surface area contributed by atoms with E-state index in [1.54, 1.807) is 0 Å². The van der Waals surface area contributed by atoms with E-state index in [1.165, 1.54) is 19.3 Å². The Kier molecular flexibility index (Phi) is 3.15. The zero-order valence-electron chi connectivity index (χ0n) is 10.2. The van der Waals surface area contributed by atoms with Crippen molar-refractivity contribution < 1.29 is 4.79 Å². The molecule has 2 fully saturated rings. The third-order valence-corrected chi connectivity index (χ3v) is 3.92. The molecule has 2 saturated heterocycles. The van der Waals surface area contributed by atoms with Crippen molar-refractivity contribution in [1.82, 2.24) is 4.90 Å². The Morgan fingerprint density at radius 2 is 1.73 bits per heavy atom. The van der Waals surface area contributed by atoms with Gasteiger partial charge >= 0.3 is 0 Å². The summed E-state index contributed by atoms with van der Waals surface area (Å²) in [4.78, 5) is 14.1. The van der Waals surface area contributed by atoms with Crippen molar-refractivity contribution in [3.05, 3.63) is 0 Å². The Hall–Kier alpha value is -0.370. The number of rotatable bonds is 3. The minimum Gasteiger partial charge on any atom is -0.300 e. The van der Waals surface area contributed by atoms with Crippen molar-refractivity contribution in [1.29, 1.82) is 0 Å². The first-order valence-electron chi connectivity index (χ1n) is 6.37. The van der Waals surface area contributed by atoms with E-state index in [1.807, 2.05) is 0 Å². The Morgan fingerprint density at radius 3 is 2.20 bits per heavy atom. The predicted molar refractivity (Wildman–Crippen MR) is 61.8 cm³/mol. The number of Topliss-reactive ketones (excluding diaryl/α,β-unsaturated/α-hetero) is 1. The molecule has 2 bridgehead atoms. The molecule has 2 aliphatic heterocycles. The quantitative estimate of drug-likeness (QED) is 0.712. The van der Waals surface area contributed by atoms with Crippen molar-refractivity contribution >= 4 is 5.78 Å². The minimum atomic E-state index is 0.496. The highest BCUT2D eigenvalue weighted by molar-refractivity contribution is 5.81. The van der Waals surface area contributed by atoms with Gasteiger partial charge in [0.15, 0.2) is 0 Å². The highest BCUT2D eigenvalue weighted by Crippen LogP contribution is 2.36. The summed E-state index contributed by atoms with van der Waals surface area (Å²) < 4.78 is 0. The van der Waals surface area contributed by atoms with Crippen LogP contribution in [0.5, 0.6) is 0 Å². The molecule has 2 rings (SSSR count). The molecular weight excluding hydrogens is 186 g/mol. The summed E-state index contributed by atoms with van der Waals surface area (Å²) >= 11 is 0. The number of carbonyl (C=O) groups is 1. The number of fused-ring (bicyclic) bond motifs is 2. The molecule has 2 heteroatoms. The van der Waals surface area contributed by atoms with Gasteiger partial charge in [-0.1, -0.05) is 13.8 Å². The molecule has 2 heterocycles. The Bertz CT molecular complexity index is 233. The van der Waals surface area contributed by atoms with Gasteiger partial charge in [-0.15, -0.1) is 0 Å². The van der Waals surface area contributed by atoms with E-state index in [0.717, 1.165) is 18.8 Å². The maximum Gasteiger partial charge on any atom is 0.136 e. The lowest BCUT2D eigenvalue weighted by atomic mass is 9.96. The highest BCUT2D eigenvalue weighted by atomic mass is 16.1. The summed E-state index contributed by atoms with van der Waals surface area (Å²) in [7, 11) is 0. The Labute approximate surface area is 93.0 Å². The van der Waals surface area contributed by atoms with Crippen LogP contribution in [0.3, 0.4) is 0 Å². The molecule has 3 unspecified atom stereocenters. The third kappa shape index (κ3) is 2.25. The van der Waals surface area contributed by atoms with E-state index in [2.05, 4.69) is 25.7 Å². The van der Waals surface area contributed by atoms with Gasteiger partial charge in [0.2, 0.25) is 0 Å². The van der Waals surface area contributed by atoms with Gasteiger partial charge in [-0.3, -0.25) is 9.69 Å². The van der Waals surface area contributed by atoms with E-state index in [9.17, 15) is 4.79 Å². The molecule has 0 spiro atoms. The maximum atomic E-state index is 11.5. The predicted octanol–water partition coefficient (Wildman–Crippen LogP) is 2.62. The molecule has 86 valence electrons.